The molecule has 0 aromatic heterocycles. The monoisotopic (exact) mass is 294 g/mol. The summed E-state index contributed by atoms with van der Waals surface area (Å²) in [5, 5.41) is 3.97. The summed E-state index contributed by atoms with van der Waals surface area (Å²) in [4.78, 5) is 12.0. The number of hydrazone groups is 1. The predicted octanol–water partition coefficient (Wildman–Crippen LogP) is 3.51. The molecule has 0 aliphatic rings. The summed E-state index contributed by atoms with van der Waals surface area (Å²) in [6.45, 7) is 1.92. The average Bonchev–Trinajstić information content (AvgIpc) is 2.55. The van der Waals surface area contributed by atoms with Gasteiger partial charge in [-0.25, -0.2) is 5.43 Å². The van der Waals surface area contributed by atoms with Crippen LogP contribution >= 0.6 is 0 Å². The minimum Gasteiger partial charge on any atom is -0.497 e. The zero-order valence-electron chi connectivity index (χ0n) is 12.6. The molecule has 112 valence electrons. The largest absolute Gasteiger partial charge is 0.497 e. The quantitative estimate of drug-likeness (QED) is 0.677. The van der Waals surface area contributed by atoms with Crippen molar-refractivity contribution in [2.24, 2.45) is 5.10 Å². The molecule has 1 amide bonds. The van der Waals surface area contributed by atoms with Crippen molar-refractivity contribution in [1.82, 2.24) is 5.43 Å². The van der Waals surface area contributed by atoms with Crippen molar-refractivity contribution >= 4 is 18.2 Å². The Morgan fingerprint density at radius 3 is 2.64 bits per heavy atom. The van der Waals surface area contributed by atoms with E-state index in [9.17, 15) is 4.79 Å². The summed E-state index contributed by atoms with van der Waals surface area (Å²) in [6.07, 6.45) is 3.60. The van der Waals surface area contributed by atoms with Crippen LogP contribution in [0.4, 0.5) is 0 Å². The second-order valence-electron chi connectivity index (χ2n) is 4.73. The molecule has 0 fully saturated rings. The van der Waals surface area contributed by atoms with Crippen LogP contribution in [0.25, 0.3) is 6.08 Å². The maximum Gasteiger partial charge on any atom is 0.271 e. The van der Waals surface area contributed by atoms with Crippen molar-refractivity contribution in [3.63, 3.8) is 0 Å². The highest BCUT2D eigenvalue weighted by Crippen LogP contribution is 2.12. The van der Waals surface area contributed by atoms with E-state index in [1.54, 1.807) is 37.6 Å². The number of carbonyl (C=O) groups excluding carboxylic acids is 1. The molecule has 0 saturated carbocycles. The van der Waals surface area contributed by atoms with E-state index < -0.39 is 0 Å². The summed E-state index contributed by atoms with van der Waals surface area (Å²) in [5.41, 5.74) is 5.03. The number of nitrogens with one attached hydrogen (secondary N) is 1. The highest BCUT2D eigenvalue weighted by molar-refractivity contribution is 5.95. The molecule has 22 heavy (non-hydrogen) atoms. The van der Waals surface area contributed by atoms with Gasteiger partial charge in [0.05, 0.1) is 13.3 Å². The second kappa shape index (κ2) is 7.78. The Kier molecular flexibility index (Phi) is 5.49. The van der Waals surface area contributed by atoms with Crippen molar-refractivity contribution in [2.45, 2.75) is 6.92 Å². The molecule has 0 aliphatic carbocycles. The van der Waals surface area contributed by atoms with Gasteiger partial charge in [0.1, 0.15) is 5.75 Å². The van der Waals surface area contributed by atoms with E-state index in [-0.39, 0.29) is 5.91 Å². The summed E-state index contributed by atoms with van der Waals surface area (Å²) in [6, 6.07) is 16.8. The van der Waals surface area contributed by atoms with Gasteiger partial charge in [0.15, 0.2) is 0 Å². The molecule has 2 rings (SSSR count). The molecule has 0 atom stereocenters. The summed E-state index contributed by atoms with van der Waals surface area (Å²) < 4.78 is 5.09. The van der Waals surface area contributed by atoms with Crippen LogP contribution in [0.1, 0.15) is 22.8 Å². The van der Waals surface area contributed by atoms with Gasteiger partial charge >= 0.3 is 0 Å². The first-order chi connectivity index (χ1) is 10.7. The van der Waals surface area contributed by atoms with Gasteiger partial charge in [-0.2, -0.15) is 5.10 Å². The molecule has 0 spiro atoms. The number of amides is 1. The Hall–Kier alpha value is -2.88. The number of nitrogens with zero attached hydrogens (tertiary/aromatic N) is 1. The normalized spacial score (nSPS) is 11.5. The molecule has 4 nitrogen and oxygen atoms in total. The van der Waals surface area contributed by atoms with Gasteiger partial charge in [0, 0.05) is 5.56 Å². The fourth-order valence-corrected chi connectivity index (χ4v) is 1.87. The first-order valence-electron chi connectivity index (χ1n) is 6.90. The molecular weight excluding hydrogens is 276 g/mol. The van der Waals surface area contributed by atoms with Gasteiger partial charge in [-0.15, -0.1) is 0 Å². The number of hydrogen-bond acceptors (Lipinski definition) is 3. The standard InChI is InChI=1S/C18H18N2O2/c1-14(11-15-7-4-3-5-8-15)13-19-20-18(21)16-9-6-10-17(12-16)22-2/h3-13H,1-2H3,(H,20,21). The zero-order chi connectivity index (χ0) is 15.8. The van der Waals surface area contributed by atoms with E-state index in [1.165, 1.54) is 0 Å². The average molecular weight is 294 g/mol. The minimum atomic E-state index is -0.275. The molecule has 0 heterocycles. The molecule has 2 aromatic rings. The molecular formula is C18H18N2O2. The van der Waals surface area contributed by atoms with Crippen LogP contribution in [-0.2, 0) is 0 Å². The number of carbonyl (C=O) groups is 1. The van der Waals surface area contributed by atoms with E-state index in [0.29, 0.717) is 11.3 Å². The van der Waals surface area contributed by atoms with Gasteiger partial charge in [-0.1, -0.05) is 42.5 Å². The van der Waals surface area contributed by atoms with Crippen LogP contribution in [0.2, 0.25) is 0 Å². The third-order valence-corrected chi connectivity index (χ3v) is 2.96. The van der Waals surface area contributed by atoms with Crippen molar-refractivity contribution < 1.29 is 9.53 Å². The zero-order valence-corrected chi connectivity index (χ0v) is 12.6. The fourth-order valence-electron chi connectivity index (χ4n) is 1.87. The van der Waals surface area contributed by atoms with Crippen molar-refractivity contribution in [3.05, 3.63) is 71.3 Å². The molecule has 4 heteroatoms. The maximum atomic E-state index is 12.0. The molecule has 0 saturated heterocycles. The summed E-state index contributed by atoms with van der Waals surface area (Å²) in [5.74, 6) is 0.361. The van der Waals surface area contributed by atoms with Crippen LogP contribution < -0.4 is 10.2 Å². The topological polar surface area (TPSA) is 50.7 Å². The van der Waals surface area contributed by atoms with Gasteiger partial charge in [-0.3, -0.25) is 4.79 Å². The highest BCUT2D eigenvalue weighted by Gasteiger charge is 2.04. The Bertz CT molecular complexity index is 691. The molecule has 0 unspecified atom stereocenters. The second-order valence-corrected chi connectivity index (χ2v) is 4.73. The van der Waals surface area contributed by atoms with Crippen LogP contribution in [-0.4, -0.2) is 19.2 Å². The van der Waals surface area contributed by atoms with Gasteiger partial charge in [0.2, 0.25) is 0 Å². The minimum absolute atomic E-state index is 0.275. The lowest BCUT2D eigenvalue weighted by molar-refractivity contribution is 0.0955. The number of benzene rings is 2. The Morgan fingerprint density at radius 1 is 1.14 bits per heavy atom. The van der Waals surface area contributed by atoms with Crippen molar-refractivity contribution in [3.8, 4) is 5.75 Å². The van der Waals surface area contributed by atoms with Crippen LogP contribution in [0.15, 0.2) is 65.3 Å². The molecule has 0 bridgehead atoms. The molecule has 1 N–H and O–H groups in total. The van der Waals surface area contributed by atoms with Gasteiger partial charge in [-0.05, 0) is 36.3 Å². The first kappa shape index (κ1) is 15.5. The van der Waals surface area contributed by atoms with E-state index in [4.69, 9.17) is 4.74 Å². The van der Waals surface area contributed by atoms with Crippen LogP contribution in [0.5, 0.6) is 5.75 Å². The SMILES string of the molecule is COc1cccc(C(=O)NN=CC(C)=Cc2ccccc2)c1. The maximum absolute atomic E-state index is 12.0. The van der Waals surface area contributed by atoms with E-state index in [2.05, 4.69) is 10.5 Å². The number of allylic oxidation sites excluding steroid dienone is 1. The van der Waals surface area contributed by atoms with Crippen molar-refractivity contribution in [2.75, 3.05) is 7.11 Å². The van der Waals surface area contributed by atoms with Crippen molar-refractivity contribution in [1.29, 1.82) is 0 Å². The van der Waals surface area contributed by atoms with E-state index in [0.717, 1.165) is 11.1 Å². The predicted molar refractivity (Wildman–Crippen MR) is 89.0 cm³/mol. The summed E-state index contributed by atoms with van der Waals surface area (Å²) >= 11 is 0. The lowest BCUT2D eigenvalue weighted by Crippen LogP contribution is -2.17. The molecule has 0 radical (unpaired) electrons. The molecule has 0 aliphatic heterocycles. The lowest BCUT2D eigenvalue weighted by Gasteiger charge is -2.03. The Morgan fingerprint density at radius 2 is 1.91 bits per heavy atom. The van der Waals surface area contributed by atoms with Gasteiger partial charge < -0.3 is 4.74 Å². The van der Waals surface area contributed by atoms with Crippen LogP contribution in [0, 0.1) is 0 Å². The number of hydrogen-bond donors (Lipinski definition) is 1. The smallest absolute Gasteiger partial charge is 0.271 e. The highest BCUT2D eigenvalue weighted by atomic mass is 16.5. The Balaban J connectivity index is 1.96. The van der Waals surface area contributed by atoms with E-state index in [1.807, 2.05) is 43.3 Å². The third-order valence-electron chi connectivity index (χ3n) is 2.96. The number of ether oxygens (including phenoxy) is 1. The Labute approximate surface area is 130 Å². The number of rotatable bonds is 5. The number of methoxy groups -OCH3 is 1. The molecule has 2 aromatic carbocycles. The summed E-state index contributed by atoms with van der Waals surface area (Å²) in [7, 11) is 1.56. The van der Waals surface area contributed by atoms with E-state index >= 15 is 0 Å². The first-order valence-corrected chi connectivity index (χ1v) is 6.90. The lowest BCUT2D eigenvalue weighted by atomic mass is 10.1. The fraction of sp³-hybridized carbons (Fsp3) is 0.111. The van der Waals surface area contributed by atoms with Crippen LogP contribution in [0.3, 0.4) is 0 Å². The third kappa shape index (κ3) is 4.59. The van der Waals surface area contributed by atoms with Gasteiger partial charge in [0.25, 0.3) is 5.91 Å².